The van der Waals surface area contributed by atoms with E-state index < -0.39 is 0 Å². The number of rotatable bonds is 6. The number of imidazole rings is 1. The van der Waals surface area contributed by atoms with Crippen LogP contribution in [0.15, 0.2) is 36.4 Å². The molecule has 0 unspecified atom stereocenters. The maximum absolute atomic E-state index is 13.3. The van der Waals surface area contributed by atoms with Gasteiger partial charge in [0.1, 0.15) is 23.6 Å². The van der Waals surface area contributed by atoms with Crippen LogP contribution in [0.4, 0.5) is 0 Å². The first kappa shape index (κ1) is 22.9. The highest BCUT2D eigenvalue weighted by molar-refractivity contribution is 6.00. The molecular weight excluding hydrogens is 458 g/mol. The lowest BCUT2D eigenvalue weighted by Crippen LogP contribution is -2.45. The smallest absolute Gasteiger partial charge is 0.254 e. The van der Waals surface area contributed by atoms with Crippen molar-refractivity contribution in [1.29, 1.82) is 0 Å². The van der Waals surface area contributed by atoms with Crippen molar-refractivity contribution in [2.24, 2.45) is 5.73 Å². The molecule has 2 aliphatic rings. The largest absolute Gasteiger partial charge is 0.497 e. The average Bonchev–Trinajstić information content (AvgIpc) is 3.45. The van der Waals surface area contributed by atoms with Gasteiger partial charge in [0.25, 0.3) is 5.91 Å². The molecule has 2 aromatic carbocycles. The summed E-state index contributed by atoms with van der Waals surface area (Å²) in [7, 11) is 3.38. The quantitative estimate of drug-likeness (QED) is 0.447. The van der Waals surface area contributed by atoms with Crippen LogP contribution in [0.2, 0.25) is 0 Å². The molecule has 2 N–H and O–H groups in total. The van der Waals surface area contributed by atoms with Gasteiger partial charge in [-0.3, -0.25) is 4.79 Å². The second-order valence-corrected chi connectivity index (χ2v) is 9.53. The Kier molecular flexibility index (Phi) is 5.81. The van der Waals surface area contributed by atoms with Crippen LogP contribution in [0, 0.1) is 0 Å². The van der Waals surface area contributed by atoms with Gasteiger partial charge in [0.15, 0.2) is 5.82 Å². The van der Waals surface area contributed by atoms with Gasteiger partial charge in [-0.15, -0.1) is 0 Å². The summed E-state index contributed by atoms with van der Waals surface area (Å²) >= 11 is 0. The Balaban J connectivity index is 1.49. The Morgan fingerprint density at radius 1 is 1.19 bits per heavy atom. The maximum Gasteiger partial charge on any atom is 0.254 e. The number of ether oxygens (including phenoxy) is 3. The van der Waals surface area contributed by atoms with E-state index >= 15 is 0 Å². The fourth-order valence-electron chi connectivity index (χ4n) is 5.47. The van der Waals surface area contributed by atoms with E-state index in [-0.39, 0.29) is 11.9 Å². The number of carbonyl (C=O) groups excluding carboxylic acids is 1. The molecule has 1 saturated heterocycles. The molecule has 1 fully saturated rings. The molecule has 0 saturated carbocycles. The number of amides is 1. The summed E-state index contributed by atoms with van der Waals surface area (Å²) < 4.78 is 21.4. The van der Waals surface area contributed by atoms with Gasteiger partial charge < -0.3 is 34.0 Å². The highest BCUT2D eigenvalue weighted by Gasteiger charge is 2.27. The third-order valence-corrected chi connectivity index (χ3v) is 7.23. The second-order valence-electron chi connectivity index (χ2n) is 9.53. The van der Waals surface area contributed by atoms with Crippen molar-refractivity contribution in [3.05, 3.63) is 42.0 Å². The summed E-state index contributed by atoms with van der Waals surface area (Å²) in [5.41, 5.74) is 10.5. The van der Waals surface area contributed by atoms with Crippen LogP contribution in [0.5, 0.6) is 11.5 Å². The average molecular weight is 490 g/mol. The Hall–Kier alpha value is -3.56. The fourth-order valence-corrected chi connectivity index (χ4v) is 5.47. The van der Waals surface area contributed by atoms with Gasteiger partial charge in [-0.05, 0) is 43.2 Å². The highest BCUT2D eigenvalue weighted by atomic mass is 16.5. The van der Waals surface area contributed by atoms with Crippen molar-refractivity contribution < 1.29 is 19.0 Å². The molecule has 1 atom stereocenters. The van der Waals surface area contributed by atoms with E-state index in [9.17, 15) is 4.79 Å². The van der Waals surface area contributed by atoms with Crippen molar-refractivity contribution in [3.8, 4) is 23.0 Å². The van der Waals surface area contributed by atoms with Crippen molar-refractivity contribution in [3.63, 3.8) is 0 Å². The van der Waals surface area contributed by atoms with E-state index in [1.54, 1.807) is 14.2 Å². The molecule has 9 heteroatoms. The second kappa shape index (κ2) is 9.15. The number of methoxy groups -OCH3 is 2. The van der Waals surface area contributed by atoms with Gasteiger partial charge in [-0.1, -0.05) is 0 Å². The maximum atomic E-state index is 13.3. The Bertz CT molecular complexity index is 1460. The van der Waals surface area contributed by atoms with E-state index in [4.69, 9.17) is 24.9 Å². The Morgan fingerprint density at radius 2 is 2.08 bits per heavy atom. The number of aromatic nitrogens is 3. The first-order valence-electron chi connectivity index (χ1n) is 12.5. The van der Waals surface area contributed by atoms with Gasteiger partial charge in [-0.2, -0.15) is 0 Å². The minimum Gasteiger partial charge on any atom is -0.497 e. The summed E-state index contributed by atoms with van der Waals surface area (Å²) in [5.74, 6) is 2.33. The SMILES string of the molecule is COCCn1c(-c2nc3cc(C(=O)N4CCC[C@@H](N)C4)cc4c3n2CCO4)cc2ccc(OC)cc21. The van der Waals surface area contributed by atoms with Crippen LogP contribution < -0.4 is 15.2 Å². The van der Waals surface area contributed by atoms with Gasteiger partial charge in [0, 0.05) is 49.8 Å². The van der Waals surface area contributed by atoms with Crippen molar-refractivity contribution in [2.45, 2.75) is 32.0 Å². The summed E-state index contributed by atoms with van der Waals surface area (Å²) in [4.78, 5) is 20.2. The molecule has 188 valence electrons. The van der Waals surface area contributed by atoms with E-state index in [2.05, 4.69) is 21.3 Å². The molecule has 4 aromatic rings. The number of nitrogens with zero attached hydrogens (tertiary/aromatic N) is 4. The van der Waals surface area contributed by atoms with Crippen LogP contribution >= 0.6 is 0 Å². The van der Waals surface area contributed by atoms with Crippen molar-refractivity contribution in [2.75, 3.05) is 40.5 Å². The van der Waals surface area contributed by atoms with Gasteiger partial charge >= 0.3 is 0 Å². The Labute approximate surface area is 209 Å². The number of nitrogens with two attached hydrogens (primary N) is 1. The molecule has 0 aliphatic carbocycles. The van der Waals surface area contributed by atoms with E-state index in [0.29, 0.717) is 44.2 Å². The van der Waals surface area contributed by atoms with Gasteiger partial charge in [0.2, 0.25) is 0 Å². The minimum absolute atomic E-state index is 0.0186. The molecule has 6 rings (SSSR count). The molecule has 9 nitrogen and oxygen atoms in total. The summed E-state index contributed by atoms with van der Waals surface area (Å²) in [6.45, 7) is 3.75. The first-order chi connectivity index (χ1) is 17.6. The number of benzene rings is 2. The zero-order valence-corrected chi connectivity index (χ0v) is 20.7. The van der Waals surface area contributed by atoms with Crippen molar-refractivity contribution >= 4 is 27.8 Å². The van der Waals surface area contributed by atoms with Crippen LogP contribution in [0.25, 0.3) is 33.5 Å². The zero-order valence-electron chi connectivity index (χ0n) is 20.7. The monoisotopic (exact) mass is 489 g/mol. The standard InChI is InChI=1S/C27H31N5O4/c1-34-10-8-31-22-15-20(35-2)6-5-17(22)13-23(31)26-29-21-12-18(14-24-25(21)32(26)9-11-36-24)27(33)30-7-3-4-19(28)16-30/h5-6,12-15,19H,3-4,7-11,16,28H2,1-2H3/t19-/m1/s1. The zero-order chi connectivity index (χ0) is 24.8. The number of hydrogen-bond donors (Lipinski definition) is 1. The minimum atomic E-state index is -0.0186. The molecule has 0 bridgehead atoms. The predicted octanol–water partition coefficient (Wildman–Crippen LogP) is 3.27. The number of carbonyl (C=O) groups is 1. The molecule has 2 aromatic heterocycles. The van der Waals surface area contributed by atoms with E-state index in [1.807, 2.05) is 29.2 Å². The summed E-state index contributed by atoms with van der Waals surface area (Å²) in [6, 6.07) is 12.0. The van der Waals surface area contributed by atoms with Crippen molar-refractivity contribution in [1.82, 2.24) is 19.0 Å². The Morgan fingerprint density at radius 3 is 2.89 bits per heavy atom. The normalized spacial score (nSPS) is 17.5. The molecule has 2 aliphatic heterocycles. The summed E-state index contributed by atoms with van der Waals surface area (Å²) in [6.07, 6.45) is 1.88. The third kappa shape index (κ3) is 3.79. The predicted molar refractivity (Wildman–Crippen MR) is 138 cm³/mol. The number of fused-ring (bicyclic) bond motifs is 1. The van der Waals surface area contributed by atoms with Crippen LogP contribution in [-0.4, -0.2) is 71.5 Å². The van der Waals surface area contributed by atoms with E-state index in [1.165, 1.54) is 0 Å². The van der Waals surface area contributed by atoms with Gasteiger partial charge in [0.05, 0.1) is 37.0 Å². The van der Waals surface area contributed by atoms with Crippen LogP contribution in [0.1, 0.15) is 23.2 Å². The van der Waals surface area contributed by atoms with Crippen LogP contribution in [-0.2, 0) is 17.8 Å². The third-order valence-electron chi connectivity index (χ3n) is 7.23. The lowest BCUT2D eigenvalue weighted by Gasteiger charge is -2.31. The lowest BCUT2D eigenvalue weighted by molar-refractivity contribution is 0.0708. The lowest BCUT2D eigenvalue weighted by atomic mass is 10.0. The molecular formula is C27H31N5O4. The molecule has 0 radical (unpaired) electrons. The molecule has 4 heterocycles. The molecule has 1 amide bonds. The number of piperidine rings is 1. The number of hydrogen-bond acceptors (Lipinski definition) is 6. The summed E-state index contributed by atoms with van der Waals surface area (Å²) in [5, 5.41) is 1.10. The highest BCUT2D eigenvalue weighted by Crippen LogP contribution is 2.37. The number of likely N-dealkylation sites (tertiary alicyclic amines) is 1. The van der Waals surface area contributed by atoms with Gasteiger partial charge in [-0.25, -0.2) is 4.98 Å². The molecule has 36 heavy (non-hydrogen) atoms. The van der Waals surface area contributed by atoms with E-state index in [0.717, 1.165) is 58.6 Å². The topological polar surface area (TPSA) is 96.8 Å². The fraction of sp³-hybridized carbons (Fsp3) is 0.407. The first-order valence-corrected chi connectivity index (χ1v) is 12.5. The molecule has 0 spiro atoms. The van der Waals surface area contributed by atoms with Crippen LogP contribution in [0.3, 0.4) is 0 Å².